The molecule has 2 aliphatic heterocycles. The van der Waals surface area contributed by atoms with Crippen molar-refractivity contribution < 1.29 is 22.7 Å². The number of nitrogens with zero attached hydrogens (tertiary/aromatic N) is 2. The summed E-state index contributed by atoms with van der Waals surface area (Å²) in [6.45, 7) is 2.56. The monoisotopic (exact) mass is 409 g/mol. The lowest BCUT2D eigenvalue weighted by Crippen LogP contribution is -2.41. The van der Waals surface area contributed by atoms with Crippen LogP contribution < -0.4 is 10.1 Å². The van der Waals surface area contributed by atoms with Gasteiger partial charge in [-0.3, -0.25) is 0 Å². The predicted molar refractivity (Wildman–Crippen MR) is 98.8 cm³/mol. The Morgan fingerprint density at radius 3 is 2.64 bits per heavy atom. The summed E-state index contributed by atoms with van der Waals surface area (Å²) in [6, 6.07) is 8.94. The van der Waals surface area contributed by atoms with Crippen molar-refractivity contribution in [2.24, 2.45) is 10.5 Å². The molecular formula is C19H15ClF3N3O2. The van der Waals surface area contributed by atoms with Crippen molar-refractivity contribution in [3.8, 4) is 5.75 Å². The topological polar surface area (TPSA) is 53.9 Å². The van der Waals surface area contributed by atoms with Crippen molar-refractivity contribution in [3.05, 3.63) is 58.6 Å². The van der Waals surface area contributed by atoms with Crippen LogP contribution >= 0.6 is 11.6 Å². The number of amides is 2. The van der Waals surface area contributed by atoms with Crippen LogP contribution in [-0.2, 0) is 6.18 Å². The van der Waals surface area contributed by atoms with Crippen molar-refractivity contribution in [3.63, 3.8) is 0 Å². The Balaban J connectivity index is 1.54. The minimum absolute atomic E-state index is 0.252. The number of anilines is 1. The first-order chi connectivity index (χ1) is 13.2. The normalized spacial score (nSPS) is 20.8. The molecule has 2 heterocycles. The lowest BCUT2D eigenvalue weighted by Gasteiger charge is -2.31. The molecule has 0 aliphatic carbocycles. The van der Waals surface area contributed by atoms with Crippen molar-refractivity contribution in [1.82, 2.24) is 5.01 Å². The van der Waals surface area contributed by atoms with Gasteiger partial charge in [0.1, 0.15) is 12.4 Å². The molecule has 9 heteroatoms. The fraction of sp³-hybridized carbons (Fsp3) is 0.263. The molecule has 28 heavy (non-hydrogen) atoms. The van der Waals surface area contributed by atoms with Gasteiger partial charge in [-0.05, 0) is 49.4 Å². The third-order valence-electron chi connectivity index (χ3n) is 4.73. The molecule has 5 nitrogen and oxygen atoms in total. The molecule has 1 atom stereocenters. The van der Waals surface area contributed by atoms with Crippen molar-refractivity contribution >= 4 is 29.0 Å². The Hall–Kier alpha value is -2.74. The number of halogens is 4. The molecule has 0 saturated carbocycles. The maximum atomic E-state index is 12.7. The number of urea groups is 1. The van der Waals surface area contributed by atoms with E-state index in [9.17, 15) is 18.0 Å². The Morgan fingerprint density at radius 1 is 1.25 bits per heavy atom. The Morgan fingerprint density at radius 2 is 1.96 bits per heavy atom. The maximum absolute atomic E-state index is 12.7. The number of carbonyl (C=O) groups excluding carboxylic acids is 1. The average molecular weight is 410 g/mol. The van der Waals surface area contributed by atoms with Crippen LogP contribution in [0, 0.1) is 5.41 Å². The molecule has 0 bridgehead atoms. The van der Waals surface area contributed by atoms with E-state index in [1.807, 2.05) is 6.92 Å². The number of carbonyl (C=O) groups is 1. The second-order valence-electron chi connectivity index (χ2n) is 7.00. The SMILES string of the molecule is CC12COc3cc(Cl)ccc3C1=NN(C(=O)Nc1ccc(C(F)(F)F)cc1)C2. The number of nitrogens with one attached hydrogen (secondary N) is 1. The quantitative estimate of drug-likeness (QED) is 0.719. The van der Waals surface area contributed by atoms with Crippen molar-refractivity contribution in [2.45, 2.75) is 13.1 Å². The van der Waals surface area contributed by atoms with Crippen molar-refractivity contribution in [1.29, 1.82) is 0 Å². The van der Waals surface area contributed by atoms with Gasteiger partial charge in [0.2, 0.25) is 0 Å². The largest absolute Gasteiger partial charge is 0.492 e. The van der Waals surface area contributed by atoms with Gasteiger partial charge in [0.05, 0.1) is 23.2 Å². The molecule has 1 N–H and O–H groups in total. The van der Waals surface area contributed by atoms with Gasteiger partial charge >= 0.3 is 12.2 Å². The molecule has 4 rings (SSSR count). The van der Waals surface area contributed by atoms with Crippen LogP contribution in [0.1, 0.15) is 18.1 Å². The van der Waals surface area contributed by atoms with Crippen LogP contribution in [-0.4, -0.2) is 29.9 Å². The van der Waals surface area contributed by atoms with E-state index in [4.69, 9.17) is 16.3 Å². The second kappa shape index (κ2) is 6.41. The number of hydrazone groups is 1. The summed E-state index contributed by atoms with van der Waals surface area (Å²) in [6.07, 6.45) is -4.43. The van der Waals surface area contributed by atoms with Crippen LogP contribution in [0.15, 0.2) is 47.6 Å². The lowest BCUT2D eigenvalue weighted by molar-refractivity contribution is -0.137. The van der Waals surface area contributed by atoms with Gasteiger partial charge in [0.15, 0.2) is 0 Å². The summed E-state index contributed by atoms with van der Waals surface area (Å²) in [5.41, 5.74) is 0.466. The van der Waals surface area contributed by atoms with Gasteiger partial charge in [-0.25, -0.2) is 9.80 Å². The average Bonchev–Trinajstić information content (AvgIpc) is 2.99. The first kappa shape index (κ1) is 18.6. The fourth-order valence-electron chi connectivity index (χ4n) is 3.27. The summed E-state index contributed by atoms with van der Waals surface area (Å²) in [5.74, 6) is 0.605. The van der Waals surface area contributed by atoms with Gasteiger partial charge in [-0.1, -0.05) is 11.6 Å². The predicted octanol–water partition coefficient (Wildman–Crippen LogP) is 5.01. The molecule has 2 aromatic rings. The van der Waals surface area contributed by atoms with Gasteiger partial charge in [0, 0.05) is 16.3 Å². The summed E-state index contributed by atoms with van der Waals surface area (Å²) >= 11 is 6.00. The van der Waals surface area contributed by atoms with Crippen LogP contribution in [0.2, 0.25) is 5.02 Å². The highest BCUT2D eigenvalue weighted by Gasteiger charge is 2.45. The zero-order valence-corrected chi connectivity index (χ0v) is 15.4. The van der Waals surface area contributed by atoms with E-state index < -0.39 is 23.2 Å². The molecule has 0 aromatic heterocycles. The summed E-state index contributed by atoms with van der Waals surface area (Å²) in [5, 5.41) is 8.82. The Kier molecular flexibility index (Phi) is 4.26. The molecule has 0 saturated heterocycles. The molecular weight excluding hydrogens is 395 g/mol. The first-order valence-corrected chi connectivity index (χ1v) is 8.81. The second-order valence-corrected chi connectivity index (χ2v) is 7.44. The summed E-state index contributed by atoms with van der Waals surface area (Å²) < 4.78 is 43.7. The Bertz CT molecular complexity index is 975. The molecule has 0 fully saturated rings. The number of alkyl halides is 3. The smallest absolute Gasteiger partial charge is 0.416 e. The minimum atomic E-state index is -4.43. The zero-order chi connectivity index (χ0) is 20.1. The van der Waals surface area contributed by atoms with Crippen LogP contribution in [0.3, 0.4) is 0 Å². The standard InChI is InChI=1S/C19H15ClF3N3O2/c1-18-9-26(17(27)24-13-5-2-11(3-6-13)19(21,22)23)25-16(18)14-7-4-12(20)8-15(14)28-10-18/h2-8H,9-10H2,1H3,(H,24,27). The van der Waals surface area contributed by atoms with Gasteiger partial charge in [-0.15, -0.1) is 0 Å². The molecule has 2 amide bonds. The van der Waals surface area contributed by atoms with E-state index in [1.54, 1.807) is 18.2 Å². The van der Waals surface area contributed by atoms with Crippen LogP contribution in [0.5, 0.6) is 5.75 Å². The maximum Gasteiger partial charge on any atom is 0.416 e. The Labute approximate surface area is 163 Å². The third-order valence-corrected chi connectivity index (χ3v) is 4.97. The van der Waals surface area contributed by atoms with Crippen LogP contribution in [0.25, 0.3) is 0 Å². The van der Waals surface area contributed by atoms with Gasteiger partial charge < -0.3 is 10.1 Å². The number of benzene rings is 2. The third kappa shape index (κ3) is 3.28. The first-order valence-electron chi connectivity index (χ1n) is 8.43. The molecule has 0 radical (unpaired) electrons. The minimum Gasteiger partial charge on any atom is -0.492 e. The fourth-order valence-corrected chi connectivity index (χ4v) is 3.43. The summed E-state index contributed by atoms with van der Waals surface area (Å²) in [7, 11) is 0. The molecule has 1 unspecified atom stereocenters. The highest BCUT2D eigenvalue weighted by Crippen LogP contribution is 2.40. The van der Waals surface area contributed by atoms with E-state index in [1.165, 1.54) is 17.1 Å². The van der Waals surface area contributed by atoms with E-state index in [-0.39, 0.29) is 12.2 Å². The number of hydrogen-bond acceptors (Lipinski definition) is 3. The van der Waals surface area contributed by atoms with Gasteiger partial charge in [0.25, 0.3) is 0 Å². The summed E-state index contributed by atoms with van der Waals surface area (Å²) in [4.78, 5) is 12.6. The highest BCUT2D eigenvalue weighted by atomic mass is 35.5. The van der Waals surface area contributed by atoms with Crippen molar-refractivity contribution in [2.75, 3.05) is 18.5 Å². The van der Waals surface area contributed by atoms with E-state index in [0.29, 0.717) is 23.1 Å². The lowest BCUT2D eigenvalue weighted by atomic mass is 9.81. The molecule has 0 spiro atoms. The molecule has 146 valence electrons. The molecule has 2 aliphatic rings. The number of fused-ring (bicyclic) bond motifs is 3. The highest BCUT2D eigenvalue weighted by molar-refractivity contribution is 6.31. The number of rotatable bonds is 1. The zero-order valence-electron chi connectivity index (χ0n) is 14.7. The number of hydrogen-bond donors (Lipinski definition) is 1. The van der Waals surface area contributed by atoms with Gasteiger partial charge in [-0.2, -0.15) is 18.3 Å². The van der Waals surface area contributed by atoms with Crippen LogP contribution in [0.4, 0.5) is 23.7 Å². The van der Waals surface area contributed by atoms with E-state index >= 15 is 0 Å². The molecule has 2 aromatic carbocycles. The van der Waals surface area contributed by atoms with E-state index in [0.717, 1.165) is 17.7 Å². The van der Waals surface area contributed by atoms with E-state index in [2.05, 4.69) is 10.4 Å². The number of ether oxygens (including phenoxy) is 1.